The lowest BCUT2D eigenvalue weighted by atomic mass is 9.84. The molecule has 1 aliphatic carbocycles. The van der Waals surface area contributed by atoms with Crippen molar-refractivity contribution < 1.29 is 0 Å². The zero-order valence-electron chi connectivity index (χ0n) is 12.9. The van der Waals surface area contributed by atoms with Crippen molar-refractivity contribution in [3.05, 3.63) is 34.9 Å². The Labute approximate surface area is 113 Å². The largest absolute Gasteiger partial charge is 0.0645 e. The third-order valence-electron chi connectivity index (χ3n) is 4.97. The zero-order valence-corrected chi connectivity index (χ0v) is 12.9. The Morgan fingerprint density at radius 3 is 1.78 bits per heavy atom. The summed E-state index contributed by atoms with van der Waals surface area (Å²) in [5.74, 6) is 2.13. The topological polar surface area (TPSA) is 0 Å². The minimum absolute atomic E-state index is 0.495. The van der Waals surface area contributed by atoms with Crippen LogP contribution in [-0.2, 0) is 5.41 Å². The second-order valence-electron chi connectivity index (χ2n) is 6.81. The fraction of sp³-hybridized carbons (Fsp3) is 0.667. The molecule has 0 aromatic heterocycles. The number of hydrogen-bond donors (Lipinski definition) is 0. The first kappa shape index (κ1) is 13.6. The fourth-order valence-corrected chi connectivity index (χ4v) is 3.22. The summed E-state index contributed by atoms with van der Waals surface area (Å²) in [5, 5.41) is 0. The van der Waals surface area contributed by atoms with Crippen LogP contribution in [-0.4, -0.2) is 0 Å². The van der Waals surface area contributed by atoms with Crippen molar-refractivity contribution in [3.8, 4) is 0 Å². The maximum Gasteiger partial charge on any atom is -0.00206 e. The second kappa shape index (κ2) is 4.72. The van der Waals surface area contributed by atoms with Gasteiger partial charge in [-0.25, -0.2) is 0 Å². The van der Waals surface area contributed by atoms with Crippen LogP contribution >= 0.6 is 0 Å². The van der Waals surface area contributed by atoms with Gasteiger partial charge >= 0.3 is 0 Å². The van der Waals surface area contributed by atoms with Crippen molar-refractivity contribution in [1.82, 2.24) is 0 Å². The van der Waals surface area contributed by atoms with E-state index >= 15 is 0 Å². The van der Waals surface area contributed by atoms with Gasteiger partial charge in [-0.05, 0) is 52.7 Å². The molecule has 1 fully saturated rings. The van der Waals surface area contributed by atoms with E-state index in [1.165, 1.54) is 24.0 Å². The molecule has 0 bridgehead atoms. The Hall–Kier alpha value is -0.780. The van der Waals surface area contributed by atoms with E-state index in [1.54, 1.807) is 5.56 Å². The molecule has 0 amide bonds. The molecule has 1 aromatic rings. The van der Waals surface area contributed by atoms with E-state index in [4.69, 9.17) is 0 Å². The normalized spacial score (nSPS) is 27.0. The molecule has 0 heteroatoms. The van der Waals surface area contributed by atoms with Gasteiger partial charge < -0.3 is 0 Å². The fourth-order valence-electron chi connectivity index (χ4n) is 3.22. The highest BCUT2D eigenvalue weighted by Crippen LogP contribution is 2.56. The van der Waals surface area contributed by atoms with Crippen LogP contribution < -0.4 is 0 Å². The number of hydrogen-bond acceptors (Lipinski definition) is 0. The second-order valence-corrected chi connectivity index (χ2v) is 6.81. The highest BCUT2D eigenvalue weighted by atomic mass is 14.5. The average molecular weight is 244 g/mol. The van der Waals surface area contributed by atoms with Crippen LogP contribution in [0, 0.1) is 5.92 Å². The quantitative estimate of drug-likeness (QED) is 0.644. The van der Waals surface area contributed by atoms with Gasteiger partial charge in [0.2, 0.25) is 0 Å². The molecule has 1 saturated carbocycles. The number of rotatable bonds is 4. The van der Waals surface area contributed by atoms with Crippen molar-refractivity contribution >= 4 is 0 Å². The van der Waals surface area contributed by atoms with Gasteiger partial charge in [-0.15, -0.1) is 0 Å². The summed E-state index contributed by atoms with van der Waals surface area (Å²) >= 11 is 0. The predicted octanol–water partition coefficient (Wildman–Crippen LogP) is 5.62. The zero-order chi connectivity index (χ0) is 13.5. The smallest absolute Gasteiger partial charge is 0.00206 e. The summed E-state index contributed by atoms with van der Waals surface area (Å²) < 4.78 is 0. The molecular weight excluding hydrogens is 216 g/mol. The average Bonchev–Trinajstić information content (AvgIpc) is 3.00. The minimum Gasteiger partial charge on any atom is -0.0645 e. The van der Waals surface area contributed by atoms with E-state index in [1.807, 2.05) is 0 Å². The van der Waals surface area contributed by atoms with Crippen LogP contribution in [0.4, 0.5) is 0 Å². The molecule has 18 heavy (non-hydrogen) atoms. The molecule has 2 rings (SSSR count). The molecular formula is C18H28. The third kappa shape index (κ3) is 2.22. The first-order chi connectivity index (χ1) is 8.40. The van der Waals surface area contributed by atoms with Crippen LogP contribution in [0.2, 0.25) is 0 Å². The minimum atomic E-state index is 0.495. The summed E-state index contributed by atoms with van der Waals surface area (Å²) in [5.41, 5.74) is 5.13. The molecule has 1 aromatic carbocycles. The van der Waals surface area contributed by atoms with Crippen LogP contribution in [0.15, 0.2) is 18.2 Å². The molecule has 0 heterocycles. The van der Waals surface area contributed by atoms with Crippen molar-refractivity contribution in [2.75, 3.05) is 0 Å². The Kier molecular flexibility index (Phi) is 3.58. The molecule has 0 aliphatic heterocycles. The first-order valence-electron chi connectivity index (χ1n) is 7.56. The van der Waals surface area contributed by atoms with Crippen LogP contribution in [0.25, 0.3) is 0 Å². The van der Waals surface area contributed by atoms with Gasteiger partial charge in [0.15, 0.2) is 0 Å². The summed E-state index contributed by atoms with van der Waals surface area (Å²) in [7, 11) is 0. The predicted molar refractivity (Wildman–Crippen MR) is 80.4 cm³/mol. The SMILES string of the molecule is CC[C@]1(c2cc(C(C)C)cc(C(C)C)c2)C[C@H]1C. The van der Waals surface area contributed by atoms with Crippen LogP contribution in [0.1, 0.15) is 82.9 Å². The van der Waals surface area contributed by atoms with Crippen molar-refractivity contribution in [1.29, 1.82) is 0 Å². The van der Waals surface area contributed by atoms with Crippen LogP contribution in [0.5, 0.6) is 0 Å². The molecule has 0 unspecified atom stereocenters. The maximum atomic E-state index is 2.48. The number of benzene rings is 1. The molecule has 0 N–H and O–H groups in total. The van der Waals surface area contributed by atoms with Gasteiger partial charge in [0.1, 0.15) is 0 Å². The Bertz CT molecular complexity index is 397. The lowest BCUT2D eigenvalue weighted by Gasteiger charge is -2.20. The van der Waals surface area contributed by atoms with E-state index in [0.717, 1.165) is 5.92 Å². The van der Waals surface area contributed by atoms with E-state index < -0.39 is 0 Å². The highest BCUT2D eigenvalue weighted by molar-refractivity contribution is 5.41. The standard InChI is InChI=1S/C18H28/c1-7-18(11-14(18)6)17-9-15(12(2)3)8-16(10-17)13(4)5/h8-10,12-14H,7,11H2,1-6H3/t14-,18+/m1/s1. The summed E-state index contributed by atoms with van der Waals surface area (Å²) in [4.78, 5) is 0. The van der Waals surface area contributed by atoms with Crippen molar-refractivity contribution in [3.63, 3.8) is 0 Å². The van der Waals surface area contributed by atoms with Gasteiger partial charge in [0, 0.05) is 0 Å². The van der Waals surface area contributed by atoms with Gasteiger partial charge in [-0.2, -0.15) is 0 Å². The Balaban J connectivity index is 2.47. The molecule has 1 aliphatic rings. The lowest BCUT2D eigenvalue weighted by Crippen LogP contribution is -2.10. The van der Waals surface area contributed by atoms with Crippen molar-refractivity contribution in [2.45, 2.75) is 71.6 Å². The van der Waals surface area contributed by atoms with E-state index in [0.29, 0.717) is 17.3 Å². The Morgan fingerprint density at radius 1 is 1.06 bits per heavy atom. The van der Waals surface area contributed by atoms with Gasteiger partial charge in [-0.3, -0.25) is 0 Å². The lowest BCUT2D eigenvalue weighted by molar-refractivity contribution is 0.603. The van der Waals surface area contributed by atoms with Crippen LogP contribution in [0.3, 0.4) is 0 Å². The maximum absolute atomic E-state index is 2.48. The molecule has 0 saturated heterocycles. The van der Waals surface area contributed by atoms with Gasteiger partial charge in [-0.1, -0.05) is 59.7 Å². The van der Waals surface area contributed by atoms with Gasteiger partial charge in [0.05, 0.1) is 0 Å². The van der Waals surface area contributed by atoms with E-state index in [2.05, 4.69) is 59.7 Å². The third-order valence-corrected chi connectivity index (χ3v) is 4.97. The molecule has 2 atom stereocenters. The molecule has 0 spiro atoms. The Morgan fingerprint density at radius 2 is 1.50 bits per heavy atom. The first-order valence-corrected chi connectivity index (χ1v) is 7.56. The summed E-state index contributed by atoms with van der Waals surface area (Å²) in [6.07, 6.45) is 2.66. The van der Waals surface area contributed by atoms with E-state index in [-0.39, 0.29) is 0 Å². The summed E-state index contributed by atoms with van der Waals surface area (Å²) in [6.45, 7) is 14.0. The van der Waals surface area contributed by atoms with Gasteiger partial charge in [0.25, 0.3) is 0 Å². The highest BCUT2D eigenvalue weighted by Gasteiger charge is 2.50. The summed E-state index contributed by atoms with van der Waals surface area (Å²) in [6, 6.07) is 7.36. The van der Waals surface area contributed by atoms with E-state index in [9.17, 15) is 0 Å². The monoisotopic (exact) mass is 244 g/mol. The molecule has 0 radical (unpaired) electrons. The molecule has 100 valence electrons. The molecule has 0 nitrogen and oxygen atoms in total. The van der Waals surface area contributed by atoms with Crippen molar-refractivity contribution in [2.24, 2.45) is 5.92 Å².